The van der Waals surface area contributed by atoms with E-state index in [-0.39, 0.29) is 0 Å². The van der Waals surface area contributed by atoms with Crippen LogP contribution in [0, 0.1) is 0 Å². The topological polar surface area (TPSA) is 69.4 Å². The van der Waals surface area contributed by atoms with Gasteiger partial charge in [0.25, 0.3) is 0 Å². The lowest BCUT2D eigenvalue weighted by molar-refractivity contribution is 0.354. The van der Waals surface area contributed by atoms with Crippen molar-refractivity contribution in [2.24, 2.45) is 0 Å². The molecule has 2 heterocycles. The molecule has 0 aliphatic heterocycles. The van der Waals surface area contributed by atoms with Crippen molar-refractivity contribution in [3.05, 3.63) is 54.4 Å². The smallest absolute Gasteiger partial charge is 0.196 e. The predicted molar refractivity (Wildman–Crippen MR) is 96.2 cm³/mol. The molecule has 2 aromatic carbocycles. The second-order valence-electron chi connectivity index (χ2n) is 5.54. The molecule has 25 heavy (non-hydrogen) atoms. The van der Waals surface area contributed by atoms with Crippen LogP contribution in [0.15, 0.2) is 53.2 Å². The zero-order valence-corrected chi connectivity index (χ0v) is 13.9. The molecule has 0 radical (unpaired) electrons. The fraction of sp³-hybridized carbons (Fsp3) is 0.158. The molecule has 126 valence electrons. The molecule has 0 aliphatic carbocycles. The number of hydrogen-bond donors (Lipinski definition) is 1. The molecule has 0 fully saturated rings. The van der Waals surface area contributed by atoms with Gasteiger partial charge in [0, 0.05) is 11.9 Å². The molecule has 0 aliphatic rings. The van der Waals surface area contributed by atoms with E-state index in [1.807, 2.05) is 42.5 Å². The Kier molecular flexibility index (Phi) is 3.85. The van der Waals surface area contributed by atoms with E-state index in [0.29, 0.717) is 29.4 Å². The lowest BCUT2D eigenvalue weighted by Crippen LogP contribution is -2.02. The van der Waals surface area contributed by atoms with E-state index < -0.39 is 0 Å². The summed E-state index contributed by atoms with van der Waals surface area (Å²) in [7, 11) is 3.24. The first-order valence-electron chi connectivity index (χ1n) is 7.87. The lowest BCUT2D eigenvalue weighted by atomic mass is 10.2. The minimum Gasteiger partial charge on any atom is -0.493 e. The number of rotatable bonds is 5. The Morgan fingerprint density at radius 3 is 2.68 bits per heavy atom. The molecule has 1 N–H and O–H groups in total. The molecule has 0 saturated heterocycles. The summed E-state index contributed by atoms with van der Waals surface area (Å²) in [6, 6.07) is 13.6. The molecule has 6 heteroatoms. The minimum atomic E-state index is 0.573. The van der Waals surface area contributed by atoms with Gasteiger partial charge in [-0.05, 0) is 29.8 Å². The molecule has 0 amide bonds. The van der Waals surface area contributed by atoms with Crippen LogP contribution in [0.2, 0.25) is 0 Å². The molecule has 0 saturated carbocycles. The maximum atomic E-state index is 5.92. The van der Waals surface area contributed by atoms with Crippen molar-refractivity contribution in [1.29, 1.82) is 0 Å². The number of anilines is 1. The summed E-state index contributed by atoms with van der Waals surface area (Å²) < 4.78 is 16.5. The van der Waals surface area contributed by atoms with Crippen molar-refractivity contribution >= 4 is 27.9 Å². The van der Waals surface area contributed by atoms with Crippen molar-refractivity contribution in [3.8, 4) is 11.5 Å². The number of fused-ring (bicyclic) bond motifs is 3. The highest BCUT2D eigenvalue weighted by Gasteiger charge is 2.13. The maximum absolute atomic E-state index is 5.92. The monoisotopic (exact) mass is 335 g/mol. The van der Waals surface area contributed by atoms with E-state index in [2.05, 4.69) is 15.3 Å². The van der Waals surface area contributed by atoms with Gasteiger partial charge in [0.05, 0.1) is 14.2 Å². The fourth-order valence-corrected chi connectivity index (χ4v) is 2.83. The van der Waals surface area contributed by atoms with Crippen LogP contribution in [-0.4, -0.2) is 24.2 Å². The van der Waals surface area contributed by atoms with Crippen LogP contribution in [0.4, 0.5) is 5.82 Å². The number of aromatic nitrogens is 2. The third-order valence-corrected chi connectivity index (χ3v) is 4.07. The number of nitrogens with zero attached hydrogens (tertiary/aromatic N) is 2. The van der Waals surface area contributed by atoms with Crippen molar-refractivity contribution in [3.63, 3.8) is 0 Å². The number of para-hydroxylation sites is 1. The first kappa shape index (κ1) is 15.3. The summed E-state index contributed by atoms with van der Waals surface area (Å²) in [5.41, 5.74) is 3.30. The minimum absolute atomic E-state index is 0.573. The second kappa shape index (κ2) is 6.32. The standard InChI is InChI=1S/C19H17N3O3/c1-23-15-8-7-12(9-16(15)24-2)10-20-19-18-17(21-11-22-19)13-5-3-4-6-14(13)25-18/h3-9,11H,10H2,1-2H3,(H,20,21,22). The predicted octanol–water partition coefficient (Wildman–Crippen LogP) is 4.01. The first-order chi connectivity index (χ1) is 12.3. The van der Waals surface area contributed by atoms with Crippen LogP contribution < -0.4 is 14.8 Å². The summed E-state index contributed by atoms with van der Waals surface area (Å²) in [6.07, 6.45) is 1.54. The van der Waals surface area contributed by atoms with E-state index in [0.717, 1.165) is 22.0 Å². The van der Waals surface area contributed by atoms with Gasteiger partial charge in [-0.15, -0.1) is 0 Å². The molecule has 2 aromatic heterocycles. The lowest BCUT2D eigenvalue weighted by Gasteiger charge is -2.10. The van der Waals surface area contributed by atoms with Gasteiger partial charge in [-0.2, -0.15) is 0 Å². The fourth-order valence-electron chi connectivity index (χ4n) is 2.83. The highest BCUT2D eigenvalue weighted by molar-refractivity contribution is 6.05. The van der Waals surface area contributed by atoms with Gasteiger partial charge in [-0.1, -0.05) is 18.2 Å². The third-order valence-electron chi connectivity index (χ3n) is 4.07. The zero-order valence-electron chi connectivity index (χ0n) is 13.9. The van der Waals surface area contributed by atoms with Crippen molar-refractivity contribution < 1.29 is 13.9 Å². The SMILES string of the molecule is COc1ccc(CNc2ncnc3c2oc2ccccc23)cc1OC. The third kappa shape index (κ3) is 2.71. The quantitative estimate of drug-likeness (QED) is 0.594. The summed E-state index contributed by atoms with van der Waals surface area (Å²) in [5, 5.41) is 4.29. The summed E-state index contributed by atoms with van der Waals surface area (Å²) >= 11 is 0. The van der Waals surface area contributed by atoms with Crippen molar-refractivity contribution in [2.45, 2.75) is 6.54 Å². The summed E-state index contributed by atoms with van der Waals surface area (Å²) in [4.78, 5) is 8.68. The van der Waals surface area contributed by atoms with E-state index in [4.69, 9.17) is 13.9 Å². The van der Waals surface area contributed by atoms with Crippen LogP contribution in [0.1, 0.15) is 5.56 Å². The van der Waals surface area contributed by atoms with Crippen LogP contribution in [0.5, 0.6) is 11.5 Å². The number of nitrogens with one attached hydrogen (secondary N) is 1. The molecule has 0 unspecified atom stereocenters. The van der Waals surface area contributed by atoms with Crippen molar-refractivity contribution in [1.82, 2.24) is 9.97 Å². The Morgan fingerprint density at radius 1 is 1.00 bits per heavy atom. The van der Waals surface area contributed by atoms with Gasteiger partial charge in [0.1, 0.15) is 17.4 Å². The number of furan rings is 1. The zero-order chi connectivity index (χ0) is 17.2. The van der Waals surface area contributed by atoms with Gasteiger partial charge in [0.15, 0.2) is 22.9 Å². The van der Waals surface area contributed by atoms with E-state index in [9.17, 15) is 0 Å². The number of hydrogen-bond acceptors (Lipinski definition) is 6. The van der Waals surface area contributed by atoms with Gasteiger partial charge >= 0.3 is 0 Å². The highest BCUT2D eigenvalue weighted by atomic mass is 16.5. The normalized spacial score (nSPS) is 11.0. The van der Waals surface area contributed by atoms with E-state index in [1.165, 1.54) is 0 Å². The van der Waals surface area contributed by atoms with Crippen LogP contribution in [-0.2, 0) is 6.54 Å². The van der Waals surface area contributed by atoms with Crippen LogP contribution in [0.3, 0.4) is 0 Å². The largest absolute Gasteiger partial charge is 0.493 e. The molecule has 4 rings (SSSR count). The van der Waals surface area contributed by atoms with Gasteiger partial charge < -0.3 is 19.2 Å². The average Bonchev–Trinajstić information content (AvgIpc) is 3.05. The average molecular weight is 335 g/mol. The van der Waals surface area contributed by atoms with Crippen LogP contribution >= 0.6 is 0 Å². The molecular formula is C19H17N3O3. The number of methoxy groups -OCH3 is 2. The molecule has 4 aromatic rings. The summed E-state index contributed by atoms with van der Waals surface area (Å²) in [5.74, 6) is 2.06. The highest BCUT2D eigenvalue weighted by Crippen LogP contribution is 2.31. The van der Waals surface area contributed by atoms with Gasteiger partial charge in [0.2, 0.25) is 0 Å². The first-order valence-corrected chi connectivity index (χ1v) is 7.87. The Hall–Kier alpha value is -3.28. The van der Waals surface area contributed by atoms with Crippen LogP contribution in [0.25, 0.3) is 22.1 Å². The Balaban J connectivity index is 1.65. The molecule has 0 bridgehead atoms. The van der Waals surface area contributed by atoms with Crippen molar-refractivity contribution in [2.75, 3.05) is 19.5 Å². The van der Waals surface area contributed by atoms with E-state index in [1.54, 1.807) is 20.5 Å². The van der Waals surface area contributed by atoms with E-state index >= 15 is 0 Å². The van der Waals surface area contributed by atoms with Gasteiger partial charge in [-0.25, -0.2) is 9.97 Å². The Bertz CT molecular complexity index is 1040. The Labute approximate surface area is 144 Å². The molecule has 6 nitrogen and oxygen atoms in total. The Morgan fingerprint density at radius 2 is 1.84 bits per heavy atom. The molecule has 0 atom stereocenters. The maximum Gasteiger partial charge on any atom is 0.196 e. The number of benzene rings is 2. The summed E-state index contributed by atoms with van der Waals surface area (Å²) in [6.45, 7) is 0.573. The molecular weight excluding hydrogens is 318 g/mol. The van der Waals surface area contributed by atoms with Gasteiger partial charge in [-0.3, -0.25) is 0 Å². The number of ether oxygens (including phenoxy) is 2. The second-order valence-corrected chi connectivity index (χ2v) is 5.54. The molecule has 0 spiro atoms.